The van der Waals surface area contributed by atoms with E-state index >= 15 is 0 Å². The van der Waals surface area contributed by atoms with E-state index in [1.165, 1.54) is 18.2 Å². The van der Waals surface area contributed by atoms with E-state index in [0.717, 1.165) is 0 Å². The summed E-state index contributed by atoms with van der Waals surface area (Å²) in [6.07, 6.45) is 0.0298. The van der Waals surface area contributed by atoms with E-state index in [4.69, 9.17) is 23.2 Å². The average molecular weight is 379 g/mol. The molecule has 0 heterocycles. The lowest BCUT2D eigenvalue weighted by molar-refractivity contribution is -0.129. The van der Waals surface area contributed by atoms with Gasteiger partial charge in [0.25, 0.3) is 10.0 Å². The van der Waals surface area contributed by atoms with Crippen LogP contribution < -0.4 is 10.3 Å². The predicted octanol–water partition coefficient (Wildman–Crippen LogP) is 1.95. The number of rotatable bonds is 3. The number of carbonyl (C=O) groups excluding carboxylic acids is 2. The van der Waals surface area contributed by atoms with Crippen molar-refractivity contribution in [1.29, 1.82) is 0 Å². The molecule has 6 nitrogen and oxygen atoms in total. The number of nitrogens with one attached hydrogen (secondary N) is 2. The van der Waals surface area contributed by atoms with Gasteiger partial charge in [0.15, 0.2) is 10.1 Å². The van der Waals surface area contributed by atoms with Crippen molar-refractivity contribution in [3.8, 4) is 0 Å². The van der Waals surface area contributed by atoms with Gasteiger partial charge in [-0.25, -0.2) is 8.42 Å². The second-order valence-corrected chi connectivity index (χ2v) is 9.51. The lowest BCUT2D eigenvalue weighted by atomic mass is 9.96. The first-order valence-electron chi connectivity index (χ1n) is 6.72. The van der Waals surface area contributed by atoms with E-state index in [2.05, 4.69) is 5.43 Å². The summed E-state index contributed by atoms with van der Waals surface area (Å²) in [6.45, 7) is 4.95. The first-order chi connectivity index (χ1) is 10.3. The van der Waals surface area contributed by atoms with Crippen molar-refractivity contribution in [2.75, 3.05) is 0 Å². The van der Waals surface area contributed by atoms with Crippen LogP contribution in [0.2, 0.25) is 0 Å². The van der Waals surface area contributed by atoms with Gasteiger partial charge in [-0.1, -0.05) is 44.0 Å². The number of carbonyl (C=O) groups is 2. The maximum absolute atomic E-state index is 12.2. The first-order valence-corrected chi connectivity index (χ1v) is 8.96. The maximum atomic E-state index is 12.2. The van der Waals surface area contributed by atoms with Gasteiger partial charge >= 0.3 is 0 Å². The number of hydrogen-bond acceptors (Lipinski definition) is 4. The van der Waals surface area contributed by atoms with Crippen molar-refractivity contribution < 1.29 is 18.0 Å². The highest BCUT2D eigenvalue weighted by Crippen LogP contribution is 2.39. The standard InChI is InChI=1S/C14H16Cl2N2O4S/c1-13(2,3)12(20)17-18-23(21,22)9-4-5-10-8(6-9)7-14(15,16)11(10)19/h4-6,18H,7H2,1-3H3,(H,17,20). The summed E-state index contributed by atoms with van der Waals surface area (Å²) < 4.78 is 22.9. The van der Waals surface area contributed by atoms with E-state index < -0.39 is 31.5 Å². The van der Waals surface area contributed by atoms with Gasteiger partial charge < -0.3 is 0 Å². The summed E-state index contributed by atoms with van der Waals surface area (Å²) in [5.41, 5.74) is 2.16. The number of alkyl halides is 2. The first kappa shape index (κ1) is 18.2. The Morgan fingerprint density at radius 2 is 1.87 bits per heavy atom. The van der Waals surface area contributed by atoms with Crippen LogP contribution in [0, 0.1) is 5.41 Å². The van der Waals surface area contributed by atoms with E-state index in [9.17, 15) is 18.0 Å². The normalized spacial score (nSPS) is 17.0. The molecule has 1 aliphatic carbocycles. The largest absolute Gasteiger partial charge is 0.291 e. The molecule has 1 aliphatic rings. The number of amides is 1. The van der Waals surface area contributed by atoms with Crippen LogP contribution in [-0.2, 0) is 21.2 Å². The molecule has 0 bridgehead atoms. The molecule has 0 atom stereocenters. The van der Waals surface area contributed by atoms with Crippen LogP contribution in [0.3, 0.4) is 0 Å². The minimum Gasteiger partial charge on any atom is -0.291 e. The van der Waals surface area contributed by atoms with Crippen LogP contribution in [0.1, 0.15) is 36.7 Å². The fourth-order valence-electron chi connectivity index (χ4n) is 1.98. The van der Waals surface area contributed by atoms with Crippen molar-refractivity contribution in [3.05, 3.63) is 29.3 Å². The molecule has 2 N–H and O–H groups in total. The average Bonchev–Trinajstić information content (AvgIpc) is 2.64. The molecule has 0 spiro atoms. The summed E-state index contributed by atoms with van der Waals surface area (Å²) in [5.74, 6) is -0.924. The van der Waals surface area contributed by atoms with Gasteiger partial charge in [0.1, 0.15) is 0 Å². The minimum atomic E-state index is -3.97. The Morgan fingerprint density at radius 3 is 2.43 bits per heavy atom. The molecule has 126 valence electrons. The molecule has 2 rings (SSSR count). The zero-order chi connectivity index (χ0) is 17.6. The quantitative estimate of drug-likeness (QED) is 0.620. The molecular formula is C14H16Cl2N2O4S. The molecule has 0 aromatic heterocycles. The topological polar surface area (TPSA) is 92.3 Å². The Hall–Kier alpha value is -1.15. The van der Waals surface area contributed by atoms with Gasteiger partial charge in [0.2, 0.25) is 5.91 Å². The Bertz CT molecular complexity index is 782. The molecule has 0 saturated carbocycles. The van der Waals surface area contributed by atoms with Crippen LogP contribution in [0.5, 0.6) is 0 Å². The van der Waals surface area contributed by atoms with Crippen molar-refractivity contribution in [2.24, 2.45) is 5.41 Å². The smallest absolute Gasteiger partial charge is 0.257 e. The summed E-state index contributed by atoms with van der Waals surface area (Å²) >= 11 is 11.8. The third-order valence-electron chi connectivity index (χ3n) is 3.36. The molecule has 23 heavy (non-hydrogen) atoms. The molecule has 1 aromatic carbocycles. The fraction of sp³-hybridized carbons (Fsp3) is 0.429. The highest BCUT2D eigenvalue weighted by atomic mass is 35.5. The molecule has 0 aliphatic heterocycles. The molecule has 1 aromatic rings. The second-order valence-electron chi connectivity index (χ2n) is 6.34. The minimum absolute atomic E-state index is 0.0298. The van der Waals surface area contributed by atoms with Gasteiger partial charge in [-0.15, -0.1) is 4.83 Å². The number of halogens is 2. The molecule has 9 heteroatoms. The fourth-order valence-corrected chi connectivity index (χ4v) is 3.36. The predicted molar refractivity (Wildman–Crippen MR) is 86.8 cm³/mol. The zero-order valence-electron chi connectivity index (χ0n) is 12.7. The third kappa shape index (κ3) is 3.68. The van der Waals surface area contributed by atoms with Gasteiger partial charge in [-0.2, -0.15) is 0 Å². The zero-order valence-corrected chi connectivity index (χ0v) is 15.1. The molecule has 0 unspecified atom stereocenters. The molecule has 0 saturated heterocycles. The summed E-state index contributed by atoms with van der Waals surface area (Å²) in [5, 5.41) is 0. The van der Waals surface area contributed by atoms with Crippen LogP contribution in [-0.4, -0.2) is 24.4 Å². The highest BCUT2D eigenvalue weighted by Gasteiger charge is 2.42. The van der Waals surface area contributed by atoms with Crippen LogP contribution in [0.4, 0.5) is 0 Å². The Kier molecular flexibility index (Phi) is 4.54. The molecular weight excluding hydrogens is 363 g/mol. The summed E-state index contributed by atoms with van der Waals surface area (Å²) in [7, 11) is -3.97. The highest BCUT2D eigenvalue weighted by molar-refractivity contribution is 7.89. The maximum Gasteiger partial charge on any atom is 0.257 e. The number of sulfonamides is 1. The van der Waals surface area contributed by atoms with Crippen molar-refractivity contribution in [2.45, 2.75) is 36.4 Å². The number of fused-ring (bicyclic) bond motifs is 1. The van der Waals surface area contributed by atoms with Crippen molar-refractivity contribution in [3.63, 3.8) is 0 Å². The summed E-state index contributed by atoms with van der Waals surface area (Å²) in [6, 6.07) is 3.95. The molecule has 0 radical (unpaired) electrons. The van der Waals surface area contributed by atoms with Crippen molar-refractivity contribution >= 4 is 44.9 Å². The van der Waals surface area contributed by atoms with Crippen molar-refractivity contribution in [1.82, 2.24) is 10.3 Å². The van der Waals surface area contributed by atoms with E-state index in [1.807, 2.05) is 4.83 Å². The van der Waals surface area contributed by atoms with Gasteiger partial charge in [0, 0.05) is 17.4 Å². The van der Waals surface area contributed by atoms with Gasteiger partial charge in [-0.3, -0.25) is 15.0 Å². The number of hydrogen-bond donors (Lipinski definition) is 2. The lowest BCUT2D eigenvalue weighted by Gasteiger charge is -2.18. The van der Waals surface area contributed by atoms with Crippen LogP contribution in [0.15, 0.2) is 23.1 Å². The van der Waals surface area contributed by atoms with E-state index in [0.29, 0.717) is 11.1 Å². The number of benzene rings is 1. The SMILES string of the molecule is CC(C)(C)C(=O)NNS(=O)(=O)c1ccc2c(c1)CC(Cl)(Cl)C2=O. The Morgan fingerprint density at radius 1 is 1.26 bits per heavy atom. The third-order valence-corrected chi connectivity index (χ3v) is 5.21. The number of ketones is 1. The Balaban J connectivity index is 2.23. The van der Waals surface area contributed by atoms with Gasteiger partial charge in [0.05, 0.1) is 4.90 Å². The van der Waals surface area contributed by atoms with Crippen LogP contribution in [0.25, 0.3) is 0 Å². The van der Waals surface area contributed by atoms with E-state index in [-0.39, 0.29) is 11.3 Å². The monoisotopic (exact) mass is 378 g/mol. The molecule has 0 fully saturated rings. The van der Waals surface area contributed by atoms with E-state index in [1.54, 1.807) is 20.8 Å². The lowest BCUT2D eigenvalue weighted by Crippen LogP contribution is -2.46. The summed E-state index contributed by atoms with van der Waals surface area (Å²) in [4.78, 5) is 25.6. The number of Topliss-reactive ketones (excluding diaryl/α,β-unsaturated/α-hetero) is 1. The van der Waals surface area contributed by atoms with Crippen LogP contribution >= 0.6 is 23.2 Å². The molecule has 1 amide bonds. The number of hydrazine groups is 1. The Labute approximate surface area is 144 Å². The second kappa shape index (κ2) is 5.73. The van der Waals surface area contributed by atoms with Gasteiger partial charge in [-0.05, 0) is 23.8 Å².